The van der Waals surface area contributed by atoms with Crippen LogP contribution in [0.25, 0.3) is 0 Å². The van der Waals surface area contributed by atoms with Gasteiger partial charge in [-0.05, 0) is 49.5 Å². The zero-order chi connectivity index (χ0) is 25.4. The number of amides is 1. The first-order valence-electron chi connectivity index (χ1n) is 11.5. The summed E-state index contributed by atoms with van der Waals surface area (Å²) in [5.74, 6) is -0.00584. The summed E-state index contributed by atoms with van der Waals surface area (Å²) < 4.78 is 31.1. The number of carbonyl (C=O) groups excluding carboxylic acids is 1. The number of hydrogen-bond acceptors (Lipinski definition) is 7. The number of non-ortho nitro benzene ring substituents is 1. The molecular formula is C24H32N4O6S. The van der Waals surface area contributed by atoms with Gasteiger partial charge in [-0.25, -0.2) is 8.42 Å². The molecule has 0 saturated carbocycles. The molecule has 0 radical (unpaired) electrons. The lowest BCUT2D eigenvalue weighted by Gasteiger charge is -2.24. The van der Waals surface area contributed by atoms with Gasteiger partial charge in [0, 0.05) is 38.2 Å². The van der Waals surface area contributed by atoms with Crippen molar-refractivity contribution in [1.82, 2.24) is 10.2 Å². The first kappa shape index (κ1) is 26.4. The van der Waals surface area contributed by atoms with Crippen LogP contribution in [-0.2, 0) is 27.9 Å². The van der Waals surface area contributed by atoms with E-state index in [2.05, 4.69) is 22.3 Å². The summed E-state index contributed by atoms with van der Waals surface area (Å²) in [5.41, 5.74) is 2.04. The lowest BCUT2D eigenvalue weighted by molar-refractivity contribution is -0.384. The summed E-state index contributed by atoms with van der Waals surface area (Å²) in [6.07, 6.45) is 3.83. The van der Waals surface area contributed by atoms with Crippen LogP contribution in [0.4, 0.5) is 11.4 Å². The number of nitro benzene ring substituents is 1. The topological polar surface area (TPSA) is 122 Å². The summed E-state index contributed by atoms with van der Waals surface area (Å²) >= 11 is 0. The molecule has 1 fully saturated rings. The molecular weight excluding hydrogens is 472 g/mol. The van der Waals surface area contributed by atoms with E-state index in [1.165, 1.54) is 37.6 Å². The molecule has 3 rings (SSSR count). The van der Waals surface area contributed by atoms with Gasteiger partial charge < -0.3 is 10.1 Å². The SMILES string of the molecule is COc1ccc([N+](=O)[O-])cc1N(CCCC(=O)NCc1cccc(CN2CCCC2)c1)S(C)(=O)=O. The number of nitro groups is 1. The van der Waals surface area contributed by atoms with Crippen molar-refractivity contribution in [3.8, 4) is 5.75 Å². The number of nitrogens with zero attached hydrogens (tertiary/aromatic N) is 3. The fraction of sp³-hybridized carbons (Fsp3) is 0.458. The maximum Gasteiger partial charge on any atom is 0.271 e. The van der Waals surface area contributed by atoms with Crippen LogP contribution in [0.15, 0.2) is 42.5 Å². The van der Waals surface area contributed by atoms with Crippen molar-refractivity contribution in [3.63, 3.8) is 0 Å². The zero-order valence-electron chi connectivity index (χ0n) is 20.1. The first-order valence-corrected chi connectivity index (χ1v) is 13.4. The molecule has 0 spiro atoms. The van der Waals surface area contributed by atoms with E-state index in [1.807, 2.05) is 12.1 Å². The quantitative estimate of drug-likeness (QED) is 0.348. The lowest BCUT2D eigenvalue weighted by Crippen LogP contribution is -2.32. The van der Waals surface area contributed by atoms with E-state index in [-0.39, 0.29) is 42.4 Å². The molecule has 2 aromatic carbocycles. The second-order valence-electron chi connectivity index (χ2n) is 8.63. The minimum Gasteiger partial charge on any atom is -0.495 e. The van der Waals surface area contributed by atoms with Crippen LogP contribution >= 0.6 is 0 Å². The second kappa shape index (κ2) is 12.0. The van der Waals surface area contributed by atoms with Crippen LogP contribution < -0.4 is 14.4 Å². The molecule has 35 heavy (non-hydrogen) atoms. The molecule has 1 amide bonds. The third-order valence-corrected chi connectivity index (χ3v) is 7.07. The number of ether oxygens (including phenoxy) is 1. The first-order chi connectivity index (χ1) is 16.7. The highest BCUT2D eigenvalue weighted by molar-refractivity contribution is 7.92. The minimum absolute atomic E-state index is 0.0187. The average Bonchev–Trinajstić information content (AvgIpc) is 3.32. The molecule has 1 saturated heterocycles. The number of nitrogens with one attached hydrogen (secondary N) is 1. The van der Waals surface area contributed by atoms with Gasteiger partial charge in [0.1, 0.15) is 11.4 Å². The number of sulfonamides is 1. The van der Waals surface area contributed by atoms with E-state index >= 15 is 0 Å². The molecule has 0 bridgehead atoms. The number of methoxy groups -OCH3 is 1. The summed E-state index contributed by atoms with van der Waals surface area (Å²) in [6.45, 7) is 3.52. The van der Waals surface area contributed by atoms with Gasteiger partial charge in [0.25, 0.3) is 5.69 Å². The molecule has 0 aliphatic carbocycles. The summed E-state index contributed by atoms with van der Waals surface area (Å²) in [7, 11) is -2.41. The van der Waals surface area contributed by atoms with Crippen molar-refractivity contribution in [2.75, 3.05) is 37.3 Å². The number of anilines is 1. The number of hydrogen-bond donors (Lipinski definition) is 1. The van der Waals surface area contributed by atoms with E-state index < -0.39 is 14.9 Å². The van der Waals surface area contributed by atoms with E-state index in [1.54, 1.807) is 0 Å². The number of likely N-dealkylation sites (tertiary alicyclic amines) is 1. The van der Waals surface area contributed by atoms with Gasteiger partial charge in [0.15, 0.2) is 0 Å². The van der Waals surface area contributed by atoms with Gasteiger partial charge in [-0.2, -0.15) is 0 Å². The van der Waals surface area contributed by atoms with E-state index in [4.69, 9.17) is 4.74 Å². The standard InChI is InChI=1S/C24H32N4O6S/c1-34-23-11-10-21(28(30)31)16-22(23)27(35(2,32)33)14-6-9-24(29)25-17-19-7-5-8-20(15-19)18-26-12-3-4-13-26/h5,7-8,10-11,15-16H,3-4,6,9,12-14,17-18H2,1-2H3,(H,25,29). The molecule has 10 nitrogen and oxygen atoms in total. The molecule has 1 aliphatic rings. The Hall–Kier alpha value is -3.18. The predicted molar refractivity (Wildman–Crippen MR) is 134 cm³/mol. The Kier molecular flexibility index (Phi) is 9.05. The molecule has 0 unspecified atom stereocenters. The van der Waals surface area contributed by atoms with Crippen molar-refractivity contribution in [2.45, 2.75) is 38.8 Å². The van der Waals surface area contributed by atoms with Gasteiger partial charge in [-0.3, -0.25) is 24.1 Å². The minimum atomic E-state index is -3.77. The average molecular weight is 505 g/mol. The van der Waals surface area contributed by atoms with Crippen molar-refractivity contribution in [2.24, 2.45) is 0 Å². The van der Waals surface area contributed by atoms with Crippen molar-refractivity contribution < 1.29 is 22.9 Å². The molecule has 1 aliphatic heterocycles. The fourth-order valence-corrected chi connectivity index (χ4v) is 5.12. The van der Waals surface area contributed by atoms with Crippen LogP contribution in [0.3, 0.4) is 0 Å². The Morgan fingerprint density at radius 3 is 2.54 bits per heavy atom. The van der Waals surface area contributed by atoms with Crippen LogP contribution in [0, 0.1) is 10.1 Å². The Morgan fingerprint density at radius 2 is 1.89 bits per heavy atom. The fourth-order valence-electron chi connectivity index (χ4n) is 4.16. The number of benzene rings is 2. The number of rotatable bonds is 12. The largest absolute Gasteiger partial charge is 0.495 e. The molecule has 0 atom stereocenters. The maximum atomic E-state index is 12.4. The third kappa shape index (κ3) is 7.66. The zero-order valence-corrected chi connectivity index (χ0v) is 20.9. The van der Waals surface area contributed by atoms with Gasteiger partial charge in [-0.1, -0.05) is 24.3 Å². The van der Waals surface area contributed by atoms with Gasteiger partial charge in [-0.15, -0.1) is 0 Å². The lowest BCUT2D eigenvalue weighted by atomic mass is 10.1. The Bertz CT molecular complexity index is 1150. The molecule has 1 N–H and O–H groups in total. The molecule has 11 heteroatoms. The van der Waals surface area contributed by atoms with Crippen molar-refractivity contribution in [1.29, 1.82) is 0 Å². The Morgan fingerprint density at radius 1 is 1.17 bits per heavy atom. The highest BCUT2D eigenvalue weighted by atomic mass is 32.2. The van der Waals surface area contributed by atoms with Crippen LogP contribution in [0.2, 0.25) is 0 Å². The molecule has 190 valence electrons. The summed E-state index contributed by atoms with van der Waals surface area (Å²) in [4.78, 5) is 25.4. The highest BCUT2D eigenvalue weighted by Crippen LogP contribution is 2.33. The Balaban J connectivity index is 1.56. The van der Waals surface area contributed by atoms with Crippen molar-refractivity contribution >= 4 is 27.3 Å². The van der Waals surface area contributed by atoms with E-state index in [0.717, 1.165) is 41.8 Å². The molecule has 0 aromatic heterocycles. The smallest absolute Gasteiger partial charge is 0.271 e. The van der Waals surface area contributed by atoms with Crippen LogP contribution in [-0.4, -0.2) is 57.1 Å². The normalized spacial score (nSPS) is 14.0. The van der Waals surface area contributed by atoms with Crippen molar-refractivity contribution in [3.05, 3.63) is 63.7 Å². The van der Waals surface area contributed by atoms with E-state index in [9.17, 15) is 23.3 Å². The van der Waals surface area contributed by atoms with Gasteiger partial charge in [0.2, 0.25) is 15.9 Å². The molecule has 1 heterocycles. The van der Waals surface area contributed by atoms with E-state index in [0.29, 0.717) is 6.54 Å². The second-order valence-corrected chi connectivity index (χ2v) is 10.5. The van der Waals surface area contributed by atoms with Crippen LogP contribution in [0.5, 0.6) is 5.75 Å². The highest BCUT2D eigenvalue weighted by Gasteiger charge is 2.24. The third-order valence-electron chi connectivity index (χ3n) is 5.89. The van der Waals surface area contributed by atoms with Gasteiger partial charge in [0.05, 0.1) is 18.3 Å². The monoisotopic (exact) mass is 504 g/mol. The maximum absolute atomic E-state index is 12.4. The summed E-state index contributed by atoms with van der Waals surface area (Å²) in [5, 5.41) is 14.0. The predicted octanol–water partition coefficient (Wildman–Crippen LogP) is 3.06. The number of carbonyl (C=O) groups is 1. The van der Waals surface area contributed by atoms with Crippen LogP contribution in [0.1, 0.15) is 36.8 Å². The van der Waals surface area contributed by atoms with Gasteiger partial charge >= 0.3 is 0 Å². The summed E-state index contributed by atoms with van der Waals surface area (Å²) in [6, 6.07) is 11.9. The Labute approximate surface area is 206 Å². The molecule has 2 aromatic rings.